The van der Waals surface area contributed by atoms with Gasteiger partial charge in [0.05, 0.1) is 13.2 Å². The summed E-state index contributed by atoms with van der Waals surface area (Å²) < 4.78 is 33.1. The molecule has 0 aromatic carbocycles. The minimum atomic E-state index is -4.41. The number of esters is 2. The van der Waals surface area contributed by atoms with Crippen LogP contribution in [0.5, 0.6) is 0 Å². The lowest BCUT2D eigenvalue weighted by Gasteiger charge is -2.19. The van der Waals surface area contributed by atoms with E-state index >= 15 is 0 Å². The Morgan fingerprint density at radius 1 is 0.361 bits per heavy atom. The zero-order valence-electron chi connectivity index (χ0n) is 52.9. The number of ether oxygens (including phenoxy) is 2. The van der Waals surface area contributed by atoms with Gasteiger partial charge in [-0.05, 0) is 116 Å². The maximum atomic E-state index is 12.7. The molecule has 0 spiro atoms. The van der Waals surface area contributed by atoms with Crippen LogP contribution in [0, 0.1) is 0 Å². The molecule has 0 aliphatic rings. The van der Waals surface area contributed by atoms with Crippen molar-refractivity contribution in [3.63, 3.8) is 0 Å². The molecule has 0 aromatic rings. The average Bonchev–Trinajstić information content (AvgIpc) is 3.49. The summed E-state index contributed by atoms with van der Waals surface area (Å²) in [6, 6.07) is 0. The van der Waals surface area contributed by atoms with Gasteiger partial charge in [0.25, 0.3) is 0 Å². The summed E-state index contributed by atoms with van der Waals surface area (Å²) in [5.41, 5.74) is 5.39. The lowest BCUT2D eigenvalue weighted by atomic mass is 10.0. The average molecular weight is 1170 g/mol. The number of nitrogens with two attached hydrogens (primary N) is 1. The fourth-order valence-electron chi connectivity index (χ4n) is 8.88. The number of phosphoric ester groups is 1. The van der Waals surface area contributed by atoms with Crippen LogP contribution in [0.3, 0.4) is 0 Å². The third-order valence-corrected chi connectivity index (χ3v) is 14.7. The van der Waals surface area contributed by atoms with Gasteiger partial charge in [-0.2, -0.15) is 0 Å². The zero-order valence-corrected chi connectivity index (χ0v) is 53.8. The molecular weight excluding hydrogens is 1050 g/mol. The van der Waals surface area contributed by atoms with E-state index in [9.17, 15) is 19.0 Å². The molecule has 2 unspecified atom stereocenters. The molecule has 0 radical (unpaired) electrons. The van der Waals surface area contributed by atoms with E-state index in [0.29, 0.717) is 12.8 Å². The summed E-state index contributed by atoms with van der Waals surface area (Å²) in [5, 5.41) is 0. The maximum absolute atomic E-state index is 12.7. The number of carbonyl (C=O) groups is 2. The first kappa shape index (κ1) is 78.9. The highest BCUT2D eigenvalue weighted by atomic mass is 31.2. The molecule has 0 aromatic heterocycles. The van der Waals surface area contributed by atoms with Crippen molar-refractivity contribution in [1.82, 2.24) is 0 Å². The van der Waals surface area contributed by atoms with E-state index in [1.165, 1.54) is 122 Å². The van der Waals surface area contributed by atoms with E-state index in [1.807, 2.05) is 0 Å². The predicted octanol–water partition coefficient (Wildman–Crippen LogP) is 21.9. The monoisotopic (exact) mass is 1170 g/mol. The molecule has 472 valence electrons. The largest absolute Gasteiger partial charge is 0.472 e. The van der Waals surface area contributed by atoms with Gasteiger partial charge in [-0.3, -0.25) is 18.6 Å². The predicted molar refractivity (Wildman–Crippen MR) is 357 cm³/mol. The van der Waals surface area contributed by atoms with Crippen molar-refractivity contribution in [2.24, 2.45) is 5.73 Å². The van der Waals surface area contributed by atoms with Crippen molar-refractivity contribution in [3.8, 4) is 0 Å². The van der Waals surface area contributed by atoms with Crippen molar-refractivity contribution in [2.75, 3.05) is 26.4 Å². The Bertz CT molecular complexity index is 1870. The Hall–Kier alpha value is -4.11. The lowest BCUT2D eigenvalue weighted by Crippen LogP contribution is -2.29. The Kier molecular flexibility index (Phi) is 63.7. The number of hydrogen-bond donors (Lipinski definition) is 2. The number of unbranched alkanes of at least 4 members (excludes halogenated alkanes) is 24. The first-order chi connectivity index (χ1) is 40.8. The van der Waals surface area contributed by atoms with Gasteiger partial charge in [0.15, 0.2) is 6.10 Å². The first-order valence-corrected chi connectivity index (χ1v) is 34.8. The van der Waals surface area contributed by atoms with Crippen LogP contribution in [-0.4, -0.2) is 49.3 Å². The van der Waals surface area contributed by atoms with E-state index in [2.05, 4.69) is 160 Å². The SMILES string of the molecule is CC/C=C\C/C=C\C/C=C\C/C=C\C/C=C\C/C=C\CCCCCCCCCCCCCCCCCCCCCCCCC(=O)OC(COC(=O)CCCC/C=C\C/C=C\C/C=C\C/C=C\C/C=C\C/C=C\CC)COP(=O)(O)OCCN. The topological polar surface area (TPSA) is 134 Å². The molecule has 0 heterocycles. The van der Waals surface area contributed by atoms with Gasteiger partial charge in [0.1, 0.15) is 6.61 Å². The van der Waals surface area contributed by atoms with E-state index < -0.39 is 32.5 Å². The Morgan fingerprint density at radius 3 is 0.952 bits per heavy atom. The van der Waals surface area contributed by atoms with Gasteiger partial charge in [-0.25, -0.2) is 4.57 Å². The van der Waals surface area contributed by atoms with Crippen LogP contribution in [0.2, 0.25) is 0 Å². The van der Waals surface area contributed by atoms with Gasteiger partial charge in [-0.1, -0.05) is 288 Å². The van der Waals surface area contributed by atoms with Crippen molar-refractivity contribution in [2.45, 2.75) is 277 Å². The normalized spacial score (nSPS) is 13.9. The van der Waals surface area contributed by atoms with E-state index in [4.69, 9.17) is 24.3 Å². The molecule has 9 nitrogen and oxygen atoms in total. The Balaban J connectivity index is 3.88. The van der Waals surface area contributed by atoms with E-state index in [0.717, 1.165) is 109 Å². The third-order valence-electron chi connectivity index (χ3n) is 13.7. The van der Waals surface area contributed by atoms with Crippen LogP contribution in [0.15, 0.2) is 146 Å². The van der Waals surface area contributed by atoms with Crippen molar-refractivity contribution in [1.29, 1.82) is 0 Å². The third kappa shape index (κ3) is 66.9. The van der Waals surface area contributed by atoms with Crippen LogP contribution in [0.25, 0.3) is 0 Å². The summed E-state index contributed by atoms with van der Waals surface area (Å²) in [6.45, 7) is 3.47. The highest BCUT2D eigenvalue weighted by molar-refractivity contribution is 7.47. The number of allylic oxidation sites excluding steroid dienone is 24. The van der Waals surface area contributed by atoms with Crippen molar-refractivity contribution in [3.05, 3.63) is 146 Å². The van der Waals surface area contributed by atoms with Gasteiger partial charge >= 0.3 is 19.8 Å². The Morgan fingerprint density at radius 2 is 0.627 bits per heavy atom. The molecular formula is C73H122NO8P. The first-order valence-electron chi connectivity index (χ1n) is 33.3. The number of rotatable bonds is 61. The van der Waals surface area contributed by atoms with E-state index in [-0.39, 0.29) is 32.6 Å². The van der Waals surface area contributed by atoms with E-state index in [1.54, 1.807) is 0 Å². The number of carbonyl (C=O) groups excluding carboxylic acids is 2. The molecule has 0 rings (SSSR count). The zero-order chi connectivity index (χ0) is 60.1. The second-order valence-electron chi connectivity index (χ2n) is 21.6. The summed E-state index contributed by atoms with van der Waals surface area (Å²) in [6.07, 6.45) is 96.6. The van der Waals surface area contributed by atoms with Crippen molar-refractivity contribution < 1.29 is 37.6 Å². The molecule has 3 N–H and O–H groups in total. The second-order valence-corrected chi connectivity index (χ2v) is 23.0. The second kappa shape index (κ2) is 67.0. The minimum absolute atomic E-state index is 0.0419. The standard InChI is InChI=1S/C73H122NO8P/c1-3-5-7-9-11-13-15-17-19-21-23-25-26-27-28-29-30-31-32-33-34-35-36-37-38-39-40-41-42-43-44-46-48-50-52-54-56-58-60-62-64-66-73(76)82-71(70-81-83(77,78)80-68-67-74)69-79-72(75)65-63-61-59-57-55-53-51-49-47-45-24-22-20-18-16-14-12-10-8-6-4-2/h5-8,11-14,17-20,23-25,27-28,30-31,45,49,51,55,57,71H,3-4,9-10,15-16,21-22,26,29,32-44,46-48,50,52-54,56,58-70,74H2,1-2H3,(H,77,78)/b7-5-,8-6-,13-11-,14-12-,19-17-,20-18-,25-23-,28-27-,31-30-,45-24-,51-49-,57-55-. The molecule has 0 saturated heterocycles. The smallest absolute Gasteiger partial charge is 0.462 e. The molecule has 0 fully saturated rings. The van der Waals surface area contributed by atoms with Crippen LogP contribution in [-0.2, 0) is 32.7 Å². The highest BCUT2D eigenvalue weighted by Gasteiger charge is 2.26. The molecule has 0 bridgehead atoms. The van der Waals surface area contributed by atoms with Gasteiger partial charge < -0.3 is 20.1 Å². The molecule has 10 heteroatoms. The van der Waals surface area contributed by atoms with Gasteiger partial charge in [0.2, 0.25) is 0 Å². The molecule has 0 amide bonds. The van der Waals surface area contributed by atoms with Crippen molar-refractivity contribution >= 4 is 19.8 Å². The highest BCUT2D eigenvalue weighted by Crippen LogP contribution is 2.43. The molecule has 0 aliphatic carbocycles. The van der Waals surface area contributed by atoms with Crippen LogP contribution in [0.4, 0.5) is 0 Å². The summed E-state index contributed by atoms with van der Waals surface area (Å²) >= 11 is 0. The maximum Gasteiger partial charge on any atom is 0.472 e. The van der Waals surface area contributed by atoms with Crippen LogP contribution >= 0.6 is 7.82 Å². The van der Waals surface area contributed by atoms with Gasteiger partial charge in [0, 0.05) is 19.4 Å². The molecule has 0 saturated carbocycles. The Labute approximate surface area is 509 Å². The fourth-order valence-corrected chi connectivity index (χ4v) is 9.64. The lowest BCUT2D eigenvalue weighted by molar-refractivity contribution is -0.161. The summed E-state index contributed by atoms with van der Waals surface area (Å²) in [4.78, 5) is 35.2. The summed E-state index contributed by atoms with van der Waals surface area (Å²) in [5.74, 6) is -0.879. The van der Waals surface area contributed by atoms with Crippen LogP contribution < -0.4 is 5.73 Å². The summed E-state index contributed by atoms with van der Waals surface area (Å²) in [7, 11) is -4.41. The molecule has 2 atom stereocenters. The fraction of sp³-hybridized carbons (Fsp3) is 0.644. The molecule has 0 aliphatic heterocycles. The van der Waals surface area contributed by atoms with Gasteiger partial charge in [-0.15, -0.1) is 0 Å². The van der Waals surface area contributed by atoms with Crippen LogP contribution in [0.1, 0.15) is 271 Å². The number of hydrogen-bond acceptors (Lipinski definition) is 8. The number of phosphoric acid groups is 1. The minimum Gasteiger partial charge on any atom is -0.462 e. The quantitative estimate of drug-likeness (QED) is 0.0264. The molecule has 83 heavy (non-hydrogen) atoms.